The standard InChI is InChI=1S/C8H16.C7H8.2C3H9N.2C3H8.C2H6O.C2H6S.2C2H6/c1-8(2)6-4-3-5-7-8;1-7-5-3-2-4-6-7;2*1-4(2)3;4*1-3-2;2*1-2/h3-7H2,1-2H3;2-6H,1H3;2*1-3H3;2*3H2,1-2H3;2*1-2H3;2*1-2H3. The van der Waals surface area contributed by atoms with E-state index in [2.05, 4.69) is 65.3 Å². The van der Waals surface area contributed by atoms with E-state index >= 15 is 0 Å². The average Bonchev–Trinajstić information content (AvgIpc) is 2.84. The Morgan fingerprint density at radius 1 is 0.667 bits per heavy atom. The van der Waals surface area contributed by atoms with Crippen LogP contribution in [0.3, 0.4) is 0 Å². The lowest BCUT2D eigenvalue weighted by Gasteiger charge is -2.28. The van der Waals surface area contributed by atoms with Gasteiger partial charge in [0.2, 0.25) is 0 Å². The normalized spacial score (nSPS) is 11.3. The molecular formula is C35H82N2OS. The summed E-state index contributed by atoms with van der Waals surface area (Å²) < 4.78 is 4.25. The van der Waals surface area contributed by atoms with Crippen molar-refractivity contribution < 1.29 is 4.74 Å². The summed E-state index contributed by atoms with van der Waals surface area (Å²) >= 11 is 1.75. The smallest absolute Gasteiger partial charge is 0.0351 e. The van der Waals surface area contributed by atoms with Crippen LogP contribution in [0.2, 0.25) is 0 Å². The van der Waals surface area contributed by atoms with E-state index in [0.29, 0.717) is 5.41 Å². The van der Waals surface area contributed by atoms with Crippen molar-refractivity contribution in [1.82, 2.24) is 9.80 Å². The van der Waals surface area contributed by atoms with Gasteiger partial charge in [0, 0.05) is 14.2 Å². The minimum absolute atomic E-state index is 0.679. The van der Waals surface area contributed by atoms with E-state index in [-0.39, 0.29) is 0 Å². The van der Waals surface area contributed by atoms with Crippen molar-refractivity contribution in [2.24, 2.45) is 5.41 Å². The molecule has 1 saturated carbocycles. The lowest BCUT2D eigenvalue weighted by Crippen LogP contribution is -2.14. The first-order chi connectivity index (χ1) is 18.2. The minimum atomic E-state index is 0.679. The van der Waals surface area contributed by atoms with Gasteiger partial charge < -0.3 is 14.5 Å². The number of hydrogen-bond acceptors (Lipinski definition) is 4. The zero-order chi connectivity index (χ0) is 33.1. The Morgan fingerprint density at radius 2 is 0.872 bits per heavy atom. The van der Waals surface area contributed by atoms with Crippen molar-refractivity contribution in [3.63, 3.8) is 0 Å². The molecule has 0 bridgehead atoms. The highest BCUT2D eigenvalue weighted by atomic mass is 32.2. The number of aryl methyl sites for hydroxylation is 1. The number of rotatable bonds is 0. The fraction of sp³-hybridized carbons (Fsp3) is 0.829. The van der Waals surface area contributed by atoms with Gasteiger partial charge in [-0.15, -0.1) is 0 Å². The number of thioether (sulfide) groups is 1. The van der Waals surface area contributed by atoms with Crippen LogP contribution >= 0.6 is 11.8 Å². The van der Waals surface area contributed by atoms with Crippen molar-refractivity contribution in [2.75, 3.05) is 69.0 Å². The van der Waals surface area contributed by atoms with Crippen LogP contribution < -0.4 is 0 Å². The van der Waals surface area contributed by atoms with Gasteiger partial charge in [0.05, 0.1) is 0 Å². The lowest BCUT2D eigenvalue weighted by molar-refractivity contribution is 0.244. The summed E-state index contributed by atoms with van der Waals surface area (Å²) in [4.78, 5) is 4.00. The first-order valence-corrected chi connectivity index (χ1v) is 16.9. The summed E-state index contributed by atoms with van der Waals surface area (Å²) in [6, 6.07) is 10.3. The molecule has 0 spiro atoms. The molecule has 1 aliphatic rings. The number of benzene rings is 1. The van der Waals surface area contributed by atoms with Gasteiger partial charge in [-0.1, -0.05) is 137 Å². The van der Waals surface area contributed by atoms with Gasteiger partial charge in [0.1, 0.15) is 0 Å². The van der Waals surface area contributed by atoms with E-state index in [4.69, 9.17) is 0 Å². The van der Waals surface area contributed by atoms with Gasteiger partial charge in [0.15, 0.2) is 0 Å². The van der Waals surface area contributed by atoms with E-state index in [1.165, 1.54) is 50.5 Å². The van der Waals surface area contributed by atoms with Gasteiger partial charge >= 0.3 is 0 Å². The molecule has 3 nitrogen and oxygen atoms in total. The Hall–Kier alpha value is -0.550. The molecule has 0 amide bonds. The summed E-state index contributed by atoms with van der Waals surface area (Å²) in [6.07, 6.45) is 13.9. The minimum Gasteiger partial charge on any atom is -0.388 e. The Bertz CT molecular complexity index is 383. The molecule has 4 heteroatoms. The molecule has 0 saturated heterocycles. The summed E-state index contributed by atoms with van der Waals surface area (Å²) in [5, 5.41) is 0. The van der Waals surface area contributed by atoms with Crippen molar-refractivity contribution in [3.8, 4) is 0 Å². The van der Waals surface area contributed by atoms with E-state index in [1.54, 1.807) is 26.0 Å². The lowest BCUT2D eigenvalue weighted by atomic mass is 9.78. The quantitative estimate of drug-likeness (QED) is 0.304. The molecule has 1 aliphatic carbocycles. The van der Waals surface area contributed by atoms with Crippen LogP contribution in [0.15, 0.2) is 30.3 Å². The second-order valence-electron chi connectivity index (χ2n) is 10.3. The molecule has 0 N–H and O–H groups in total. The van der Waals surface area contributed by atoms with Crippen LogP contribution in [0.1, 0.15) is 120 Å². The zero-order valence-corrected chi connectivity index (χ0v) is 32.4. The molecule has 244 valence electrons. The van der Waals surface area contributed by atoms with Crippen molar-refractivity contribution in [3.05, 3.63) is 35.9 Å². The Balaban J connectivity index is -0.0000000478. The van der Waals surface area contributed by atoms with Crippen LogP contribution in [-0.4, -0.2) is 78.8 Å². The number of nitrogens with zero attached hydrogens (tertiary/aromatic N) is 2. The summed E-state index contributed by atoms with van der Waals surface area (Å²) in [6.45, 7) is 23.3. The highest BCUT2D eigenvalue weighted by Crippen LogP contribution is 2.34. The van der Waals surface area contributed by atoms with Gasteiger partial charge in [0.25, 0.3) is 0 Å². The Labute approximate surface area is 257 Å². The molecule has 2 rings (SSSR count). The maximum absolute atomic E-state index is 4.25. The first-order valence-electron chi connectivity index (χ1n) is 15.3. The van der Waals surface area contributed by atoms with E-state index < -0.39 is 0 Å². The molecule has 0 heterocycles. The largest absolute Gasteiger partial charge is 0.388 e. The number of ether oxygens (including phenoxy) is 1. The van der Waals surface area contributed by atoms with Crippen LogP contribution in [-0.2, 0) is 4.74 Å². The zero-order valence-electron chi connectivity index (χ0n) is 31.5. The van der Waals surface area contributed by atoms with E-state index in [0.717, 1.165) is 0 Å². The second-order valence-corrected chi connectivity index (χ2v) is 11.1. The molecule has 1 fully saturated rings. The molecule has 39 heavy (non-hydrogen) atoms. The summed E-state index contributed by atoms with van der Waals surface area (Å²) in [7, 11) is 15.2. The fourth-order valence-corrected chi connectivity index (χ4v) is 2.04. The summed E-state index contributed by atoms with van der Waals surface area (Å²) in [5.41, 5.74) is 2.00. The predicted octanol–water partition coefficient (Wildman–Crippen LogP) is 11.5. The Morgan fingerprint density at radius 3 is 0.974 bits per heavy atom. The van der Waals surface area contributed by atoms with Crippen LogP contribution in [0.4, 0.5) is 0 Å². The maximum Gasteiger partial charge on any atom is 0.0351 e. The van der Waals surface area contributed by atoms with E-state index in [1.807, 2.05) is 110 Å². The second kappa shape index (κ2) is 61.5. The molecule has 0 aromatic heterocycles. The monoisotopic (exact) mass is 579 g/mol. The topological polar surface area (TPSA) is 15.7 Å². The molecule has 1 aromatic carbocycles. The fourth-order valence-electron chi connectivity index (χ4n) is 2.04. The molecule has 1 aromatic rings. The van der Waals surface area contributed by atoms with Crippen LogP contribution in [0.5, 0.6) is 0 Å². The SMILES string of the molecule is CC.CC.CC1(C)CCCCC1.CCC.CCC.CN(C)C.CN(C)C.COC.CSC.Cc1ccccc1. The molecule has 0 aliphatic heterocycles. The molecule has 0 unspecified atom stereocenters. The average molecular weight is 579 g/mol. The van der Waals surface area contributed by atoms with Gasteiger partial charge in [-0.2, -0.15) is 11.8 Å². The van der Waals surface area contributed by atoms with Crippen molar-refractivity contribution in [1.29, 1.82) is 0 Å². The highest BCUT2D eigenvalue weighted by Gasteiger charge is 2.19. The van der Waals surface area contributed by atoms with Crippen molar-refractivity contribution in [2.45, 2.75) is 121 Å². The van der Waals surface area contributed by atoms with Crippen LogP contribution in [0.25, 0.3) is 0 Å². The molecule has 0 atom stereocenters. The van der Waals surface area contributed by atoms with Crippen LogP contribution in [0, 0.1) is 12.3 Å². The van der Waals surface area contributed by atoms with E-state index in [9.17, 15) is 0 Å². The first kappa shape index (κ1) is 58.2. The van der Waals surface area contributed by atoms with Gasteiger partial charge in [-0.05, 0) is 80.0 Å². The predicted molar refractivity (Wildman–Crippen MR) is 194 cm³/mol. The Kier molecular flexibility index (Phi) is 91.7. The number of methoxy groups -OCH3 is 1. The van der Waals surface area contributed by atoms with Gasteiger partial charge in [-0.3, -0.25) is 0 Å². The maximum atomic E-state index is 4.25. The molecular weight excluding hydrogens is 496 g/mol. The third-order valence-electron chi connectivity index (χ3n) is 3.15. The molecule has 0 radical (unpaired) electrons. The highest BCUT2D eigenvalue weighted by molar-refractivity contribution is 7.97. The van der Waals surface area contributed by atoms with Gasteiger partial charge in [-0.25, -0.2) is 0 Å². The third kappa shape index (κ3) is 155. The third-order valence-corrected chi connectivity index (χ3v) is 3.15. The summed E-state index contributed by atoms with van der Waals surface area (Å²) in [5.74, 6) is 0. The van der Waals surface area contributed by atoms with Crippen molar-refractivity contribution >= 4 is 11.8 Å². The number of hydrogen-bond donors (Lipinski definition) is 0.